The average Bonchev–Trinajstić information content (AvgIpc) is 2.93. The molecular weight excluding hydrogens is 380 g/mol. The van der Waals surface area contributed by atoms with Gasteiger partial charge < -0.3 is 9.64 Å². The molecule has 8 heteroatoms. The van der Waals surface area contributed by atoms with Gasteiger partial charge in [0.05, 0.1) is 17.5 Å². The van der Waals surface area contributed by atoms with Crippen molar-refractivity contribution in [2.45, 2.75) is 39.7 Å². The highest BCUT2D eigenvalue weighted by molar-refractivity contribution is 7.92. The number of fused-ring (bicyclic) bond motifs is 1. The van der Waals surface area contributed by atoms with Crippen LogP contribution in [0.1, 0.15) is 43.1 Å². The van der Waals surface area contributed by atoms with E-state index >= 15 is 0 Å². The molecule has 2 aliphatic rings. The number of anilines is 1. The van der Waals surface area contributed by atoms with Crippen molar-refractivity contribution in [2.75, 3.05) is 30.3 Å². The van der Waals surface area contributed by atoms with Crippen LogP contribution in [0.2, 0.25) is 0 Å². The van der Waals surface area contributed by atoms with Crippen molar-refractivity contribution in [3.8, 4) is 0 Å². The Morgan fingerprint density at radius 2 is 1.79 bits per heavy atom. The van der Waals surface area contributed by atoms with E-state index in [9.17, 15) is 18.0 Å². The molecule has 3 atom stereocenters. The minimum atomic E-state index is -3.37. The number of sulfonamides is 1. The zero-order valence-electron chi connectivity index (χ0n) is 16.8. The van der Waals surface area contributed by atoms with E-state index in [0.717, 1.165) is 12.0 Å². The second kappa shape index (κ2) is 7.73. The standard InChI is InChI=1S/C20H28N2O5S/c1-13-7-14(2)11-21(10-13)19(23)12-27-20(24)16-5-6-18-17(9-16)8-15(3)22(18)28(4,25)26/h5-6,9,13-15H,7-8,10-12H2,1-4H3/t13-,14+,15-/m0/s1. The van der Waals surface area contributed by atoms with Gasteiger partial charge in [-0.3, -0.25) is 9.10 Å². The Hall–Kier alpha value is -2.09. The maximum absolute atomic E-state index is 12.4. The van der Waals surface area contributed by atoms with Crippen LogP contribution in [0.5, 0.6) is 0 Å². The van der Waals surface area contributed by atoms with Crippen LogP contribution >= 0.6 is 0 Å². The number of carbonyl (C=O) groups excluding carboxylic acids is 2. The molecule has 0 N–H and O–H groups in total. The summed E-state index contributed by atoms with van der Waals surface area (Å²) in [7, 11) is -3.37. The predicted molar refractivity (Wildman–Crippen MR) is 107 cm³/mol. The smallest absolute Gasteiger partial charge is 0.338 e. The number of amides is 1. The minimum absolute atomic E-state index is 0.176. The van der Waals surface area contributed by atoms with Gasteiger partial charge in [-0.05, 0) is 55.4 Å². The first-order chi connectivity index (χ1) is 13.1. The Bertz CT molecular complexity index is 873. The first kappa shape index (κ1) is 20.6. The minimum Gasteiger partial charge on any atom is -0.452 e. The lowest BCUT2D eigenvalue weighted by atomic mass is 9.92. The monoisotopic (exact) mass is 408 g/mol. The molecule has 1 aromatic carbocycles. The van der Waals surface area contributed by atoms with Gasteiger partial charge in [0.25, 0.3) is 5.91 Å². The van der Waals surface area contributed by atoms with Crippen LogP contribution < -0.4 is 4.31 Å². The zero-order chi connectivity index (χ0) is 20.6. The molecule has 1 saturated heterocycles. The van der Waals surface area contributed by atoms with Crippen molar-refractivity contribution in [3.05, 3.63) is 29.3 Å². The van der Waals surface area contributed by atoms with E-state index in [1.807, 2.05) is 6.92 Å². The van der Waals surface area contributed by atoms with Crippen molar-refractivity contribution in [1.29, 1.82) is 0 Å². The molecule has 28 heavy (non-hydrogen) atoms. The number of carbonyl (C=O) groups is 2. The average molecular weight is 409 g/mol. The van der Waals surface area contributed by atoms with E-state index < -0.39 is 16.0 Å². The molecule has 0 spiro atoms. The van der Waals surface area contributed by atoms with Crippen molar-refractivity contribution in [1.82, 2.24) is 4.90 Å². The molecule has 1 amide bonds. The normalized spacial score (nSPS) is 24.8. The Morgan fingerprint density at radius 3 is 2.39 bits per heavy atom. The summed E-state index contributed by atoms with van der Waals surface area (Å²) in [5, 5.41) is 0. The van der Waals surface area contributed by atoms with Crippen LogP contribution in [-0.4, -0.2) is 57.2 Å². The first-order valence-electron chi connectivity index (χ1n) is 9.63. The van der Waals surface area contributed by atoms with Crippen LogP contribution in [0, 0.1) is 11.8 Å². The Balaban J connectivity index is 1.65. The molecule has 1 aromatic rings. The van der Waals surface area contributed by atoms with Crippen LogP contribution in [-0.2, 0) is 26.0 Å². The summed E-state index contributed by atoms with van der Waals surface area (Å²) in [5.74, 6) is 0.143. The maximum Gasteiger partial charge on any atom is 0.338 e. The lowest BCUT2D eigenvalue weighted by Gasteiger charge is -2.34. The fraction of sp³-hybridized carbons (Fsp3) is 0.600. The van der Waals surface area contributed by atoms with Gasteiger partial charge in [-0.1, -0.05) is 13.8 Å². The van der Waals surface area contributed by atoms with E-state index in [4.69, 9.17) is 4.74 Å². The molecule has 0 radical (unpaired) electrons. The number of likely N-dealkylation sites (tertiary alicyclic amines) is 1. The number of ether oxygens (including phenoxy) is 1. The maximum atomic E-state index is 12.4. The first-order valence-corrected chi connectivity index (χ1v) is 11.5. The third kappa shape index (κ3) is 4.32. The number of rotatable bonds is 4. The highest BCUT2D eigenvalue weighted by Gasteiger charge is 2.33. The Morgan fingerprint density at radius 1 is 1.14 bits per heavy atom. The molecule has 1 fully saturated rings. The molecule has 0 saturated carbocycles. The molecular formula is C20H28N2O5S. The summed E-state index contributed by atoms with van der Waals surface area (Å²) in [4.78, 5) is 26.5. The van der Waals surface area contributed by atoms with Gasteiger partial charge in [0.2, 0.25) is 10.0 Å². The number of piperidine rings is 1. The summed E-state index contributed by atoms with van der Waals surface area (Å²) >= 11 is 0. The molecule has 2 aliphatic heterocycles. The molecule has 0 bridgehead atoms. The number of esters is 1. The molecule has 0 aromatic heterocycles. The summed E-state index contributed by atoms with van der Waals surface area (Å²) in [6, 6.07) is 4.65. The van der Waals surface area contributed by atoms with Gasteiger partial charge in [-0.25, -0.2) is 13.2 Å². The highest BCUT2D eigenvalue weighted by Crippen LogP contribution is 2.34. The summed E-state index contributed by atoms with van der Waals surface area (Å²) in [5.41, 5.74) is 1.71. The van der Waals surface area contributed by atoms with Gasteiger partial charge >= 0.3 is 5.97 Å². The van der Waals surface area contributed by atoms with E-state index in [0.29, 0.717) is 42.6 Å². The predicted octanol–water partition coefficient (Wildman–Crippen LogP) is 2.06. The van der Waals surface area contributed by atoms with Crippen LogP contribution in [0.4, 0.5) is 5.69 Å². The fourth-order valence-corrected chi connectivity index (χ4v) is 5.67. The van der Waals surface area contributed by atoms with Crippen molar-refractivity contribution in [3.63, 3.8) is 0 Å². The van der Waals surface area contributed by atoms with Crippen molar-refractivity contribution in [2.24, 2.45) is 11.8 Å². The lowest BCUT2D eigenvalue weighted by Crippen LogP contribution is -2.44. The molecule has 0 aliphatic carbocycles. The van der Waals surface area contributed by atoms with E-state index in [2.05, 4.69) is 13.8 Å². The van der Waals surface area contributed by atoms with E-state index in [1.54, 1.807) is 23.1 Å². The third-order valence-corrected chi connectivity index (χ3v) is 6.65. The van der Waals surface area contributed by atoms with Gasteiger partial charge in [-0.2, -0.15) is 0 Å². The van der Waals surface area contributed by atoms with E-state index in [-0.39, 0.29) is 18.6 Å². The SMILES string of the molecule is C[C@@H]1C[C@H](C)CN(C(=O)COC(=O)c2ccc3c(c2)C[C@H](C)N3S(C)(=O)=O)C1. The quantitative estimate of drug-likeness (QED) is 0.712. The summed E-state index contributed by atoms with van der Waals surface area (Å²) in [6.07, 6.45) is 2.81. The van der Waals surface area contributed by atoms with Gasteiger partial charge in [0.15, 0.2) is 6.61 Å². The summed E-state index contributed by atoms with van der Waals surface area (Å²) in [6.45, 7) is 7.18. The number of hydrogen-bond acceptors (Lipinski definition) is 5. The molecule has 7 nitrogen and oxygen atoms in total. The number of hydrogen-bond donors (Lipinski definition) is 0. The largest absolute Gasteiger partial charge is 0.452 e. The summed E-state index contributed by atoms with van der Waals surface area (Å²) < 4.78 is 30.6. The lowest BCUT2D eigenvalue weighted by molar-refractivity contribution is -0.137. The molecule has 2 heterocycles. The number of nitrogens with zero attached hydrogens (tertiary/aromatic N) is 2. The van der Waals surface area contributed by atoms with Crippen LogP contribution in [0.3, 0.4) is 0 Å². The van der Waals surface area contributed by atoms with Gasteiger partial charge in [0.1, 0.15) is 0 Å². The fourth-order valence-electron chi connectivity index (χ4n) is 4.40. The number of benzene rings is 1. The second-order valence-corrected chi connectivity index (χ2v) is 10.1. The van der Waals surface area contributed by atoms with Gasteiger partial charge in [-0.15, -0.1) is 0 Å². The van der Waals surface area contributed by atoms with Crippen molar-refractivity contribution < 1.29 is 22.7 Å². The highest BCUT2D eigenvalue weighted by atomic mass is 32.2. The molecule has 154 valence electrons. The van der Waals surface area contributed by atoms with Gasteiger partial charge in [0, 0.05) is 19.1 Å². The Kier molecular flexibility index (Phi) is 5.70. The van der Waals surface area contributed by atoms with Crippen molar-refractivity contribution >= 4 is 27.6 Å². The topological polar surface area (TPSA) is 84.0 Å². The van der Waals surface area contributed by atoms with Crippen LogP contribution in [0.25, 0.3) is 0 Å². The zero-order valence-corrected chi connectivity index (χ0v) is 17.7. The Labute approximate surface area is 166 Å². The molecule has 0 unspecified atom stereocenters. The molecule has 3 rings (SSSR count). The second-order valence-electron chi connectivity index (χ2n) is 8.28. The van der Waals surface area contributed by atoms with Crippen LogP contribution in [0.15, 0.2) is 18.2 Å². The van der Waals surface area contributed by atoms with E-state index in [1.165, 1.54) is 10.6 Å². The third-order valence-electron chi connectivity index (χ3n) is 5.37.